The minimum absolute atomic E-state index is 0.00290. The van der Waals surface area contributed by atoms with E-state index < -0.39 is 0 Å². The molecule has 0 amide bonds. The molecular formula is C13H19N3O. The smallest absolute Gasteiger partial charge is 0.106 e. The first-order valence-electron chi connectivity index (χ1n) is 5.98. The van der Waals surface area contributed by atoms with Gasteiger partial charge in [-0.25, -0.2) is 0 Å². The second-order valence-electron chi connectivity index (χ2n) is 4.66. The third kappa shape index (κ3) is 2.64. The minimum atomic E-state index is -0.00290. The Balaban J connectivity index is 2.14. The van der Waals surface area contributed by atoms with Gasteiger partial charge in [-0.2, -0.15) is 0 Å². The molecule has 1 saturated carbocycles. The van der Waals surface area contributed by atoms with Crippen LogP contribution in [0.5, 0.6) is 0 Å². The molecule has 1 aliphatic rings. The first-order valence-corrected chi connectivity index (χ1v) is 5.98. The van der Waals surface area contributed by atoms with Gasteiger partial charge in [0.05, 0.1) is 5.71 Å². The van der Waals surface area contributed by atoms with Crippen molar-refractivity contribution >= 4 is 5.71 Å². The van der Waals surface area contributed by atoms with Crippen LogP contribution in [-0.2, 0) is 4.84 Å². The molecule has 17 heavy (non-hydrogen) atoms. The second kappa shape index (κ2) is 5.27. The number of nitrogens with two attached hydrogens (primary N) is 1. The predicted molar refractivity (Wildman–Crippen MR) is 67.8 cm³/mol. The van der Waals surface area contributed by atoms with Crippen LogP contribution in [-0.4, -0.2) is 23.8 Å². The highest BCUT2D eigenvalue weighted by Crippen LogP contribution is 2.34. The van der Waals surface area contributed by atoms with E-state index in [0.717, 1.165) is 18.6 Å². The van der Waals surface area contributed by atoms with Crippen molar-refractivity contribution in [1.29, 1.82) is 0 Å². The molecule has 0 aliphatic heterocycles. The lowest BCUT2D eigenvalue weighted by atomic mass is 9.75. The lowest BCUT2D eigenvalue weighted by Crippen LogP contribution is -2.41. The van der Waals surface area contributed by atoms with Gasteiger partial charge in [-0.15, -0.1) is 0 Å². The first-order chi connectivity index (χ1) is 8.22. The van der Waals surface area contributed by atoms with Crippen molar-refractivity contribution in [2.45, 2.75) is 31.7 Å². The first kappa shape index (κ1) is 12.0. The summed E-state index contributed by atoms with van der Waals surface area (Å²) in [6.07, 6.45) is 5.67. The number of pyridine rings is 1. The second-order valence-corrected chi connectivity index (χ2v) is 4.66. The van der Waals surface area contributed by atoms with E-state index in [4.69, 9.17) is 10.6 Å². The van der Waals surface area contributed by atoms with Crippen LogP contribution < -0.4 is 5.73 Å². The van der Waals surface area contributed by atoms with Gasteiger partial charge < -0.3 is 10.6 Å². The third-order valence-corrected chi connectivity index (χ3v) is 3.44. The summed E-state index contributed by atoms with van der Waals surface area (Å²) in [5.74, 6) is 0.871. The number of rotatable bonds is 2. The molecule has 4 heteroatoms. The molecule has 0 radical (unpaired) electrons. The van der Waals surface area contributed by atoms with Crippen LogP contribution >= 0.6 is 0 Å². The van der Waals surface area contributed by atoms with Gasteiger partial charge in [0.25, 0.3) is 0 Å². The molecule has 0 bridgehead atoms. The van der Waals surface area contributed by atoms with Gasteiger partial charge >= 0.3 is 0 Å². The Labute approximate surface area is 102 Å². The van der Waals surface area contributed by atoms with Crippen molar-refractivity contribution in [3.63, 3.8) is 0 Å². The maximum absolute atomic E-state index is 6.16. The van der Waals surface area contributed by atoms with Gasteiger partial charge in [0.15, 0.2) is 0 Å². The Bertz CT molecular complexity index is 377. The Morgan fingerprint density at radius 2 is 2.06 bits per heavy atom. The quantitative estimate of drug-likeness (QED) is 0.794. The van der Waals surface area contributed by atoms with E-state index in [1.807, 2.05) is 12.4 Å². The maximum Gasteiger partial charge on any atom is 0.106 e. The maximum atomic E-state index is 6.16. The molecule has 3 atom stereocenters. The molecular weight excluding hydrogens is 214 g/mol. The SMILES string of the molecule is CO/N=C1\[C@H](N)C[C@H](c2ccncc2)C[C@@H]1C. The largest absolute Gasteiger partial charge is 0.399 e. The Morgan fingerprint density at radius 3 is 2.65 bits per heavy atom. The lowest BCUT2D eigenvalue weighted by Gasteiger charge is -2.32. The molecule has 0 saturated heterocycles. The standard InChI is InChI=1S/C13H19N3O/c1-9-7-11(10-3-5-15-6-4-10)8-12(14)13(9)16-17-2/h3-6,9,11-12H,7-8,14H2,1-2H3/b16-13-/t9-,11+,12+/m0/s1. The molecule has 2 N–H and O–H groups in total. The van der Waals surface area contributed by atoms with Crippen molar-refractivity contribution in [1.82, 2.24) is 4.98 Å². The average Bonchev–Trinajstić information content (AvgIpc) is 2.35. The molecule has 1 fully saturated rings. The summed E-state index contributed by atoms with van der Waals surface area (Å²) in [7, 11) is 1.57. The van der Waals surface area contributed by atoms with Gasteiger partial charge in [-0.1, -0.05) is 12.1 Å². The average molecular weight is 233 g/mol. The highest BCUT2D eigenvalue weighted by molar-refractivity contribution is 5.91. The van der Waals surface area contributed by atoms with Crippen LogP contribution in [0.3, 0.4) is 0 Å². The van der Waals surface area contributed by atoms with Gasteiger partial charge in [-0.05, 0) is 42.4 Å². The van der Waals surface area contributed by atoms with Crippen LogP contribution in [0, 0.1) is 5.92 Å². The van der Waals surface area contributed by atoms with Crippen LogP contribution in [0.4, 0.5) is 0 Å². The van der Waals surface area contributed by atoms with Crippen LogP contribution in [0.15, 0.2) is 29.7 Å². The summed E-state index contributed by atoms with van der Waals surface area (Å²) in [5.41, 5.74) is 8.46. The zero-order chi connectivity index (χ0) is 12.3. The van der Waals surface area contributed by atoms with E-state index in [9.17, 15) is 0 Å². The van der Waals surface area contributed by atoms with E-state index in [0.29, 0.717) is 11.8 Å². The summed E-state index contributed by atoms with van der Waals surface area (Å²) in [4.78, 5) is 8.91. The molecule has 0 spiro atoms. The number of hydrogen-bond donors (Lipinski definition) is 1. The molecule has 1 aromatic rings. The van der Waals surface area contributed by atoms with Crippen molar-refractivity contribution < 1.29 is 4.84 Å². The monoisotopic (exact) mass is 233 g/mol. The Hall–Kier alpha value is -1.42. The normalized spacial score (nSPS) is 31.5. The van der Waals surface area contributed by atoms with Crippen LogP contribution in [0.2, 0.25) is 0 Å². The fourth-order valence-corrected chi connectivity index (χ4v) is 2.61. The fourth-order valence-electron chi connectivity index (χ4n) is 2.61. The molecule has 1 aliphatic carbocycles. The molecule has 1 aromatic heterocycles. The van der Waals surface area contributed by atoms with E-state index in [1.165, 1.54) is 5.56 Å². The van der Waals surface area contributed by atoms with E-state index >= 15 is 0 Å². The molecule has 1 heterocycles. The van der Waals surface area contributed by atoms with Crippen LogP contribution in [0.25, 0.3) is 0 Å². The van der Waals surface area contributed by atoms with Crippen molar-refractivity contribution in [3.8, 4) is 0 Å². The number of hydrogen-bond acceptors (Lipinski definition) is 4. The van der Waals surface area contributed by atoms with Gasteiger partial charge in [0.2, 0.25) is 0 Å². The summed E-state index contributed by atoms with van der Waals surface area (Å²) < 4.78 is 0. The topological polar surface area (TPSA) is 60.5 Å². The Morgan fingerprint density at radius 1 is 1.35 bits per heavy atom. The zero-order valence-corrected chi connectivity index (χ0v) is 10.3. The lowest BCUT2D eigenvalue weighted by molar-refractivity contribution is 0.207. The van der Waals surface area contributed by atoms with Gasteiger partial charge in [0.1, 0.15) is 7.11 Å². The van der Waals surface area contributed by atoms with Crippen molar-refractivity contribution in [2.24, 2.45) is 16.8 Å². The summed E-state index contributed by atoms with van der Waals surface area (Å²) >= 11 is 0. The van der Waals surface area contributed by atoms with Crippen molar-refractivity contribution in [3.05, 3.63) is 30.1 Å². The highest BCUT2D eigenvalue weighted by atomic mass is 16.6. The molecule has 2 rings (SSSR count). The zero-order valence-electron chi connectivity index (χ0n) is 10.3. The summed E-state index contributed by atoms with van der Waals surface area (Å²) in [6.45, 7) is 2.16. The predicted octanol–water partition coefficient (Wildman–Crippen LogP) is 1.92. The Kier molecular flexibility index (Phi) is 3.74. The van der Waals surface area contributed by atoms with Gasteiger partial charge in [-0.3, -0.25) is 4.98 Å². The number of oxime groups is 1. The van der Waals surface area contributed by atoms with Crippen molar-refractivity contribution in [2.75, 3.05) is 7.11 Å². The van der Waals surface area contributed by atoms with E-state index in [-0.39, 0.29) is 6.04 Å². The van der Waals surface area contributed by atoms with Crippen LogP contribution in [0.1, 0.15) is 31.2 Å². The fraction of sp³-hybridized carbons (Fsp3) is 0.538. The highest BCUT2D eigenvalue weighted by Gasteiger charge is 2.31. The number of nitrogens with zero attached hydrogens (tertiary/aromatic N) is 2. The minimum Gasteiger partial charge on any atom is -0.399 e. The number of aromatic nitrogens is 1. The third-order valence-electron chi connectivity index (χ3n) is 3.44. The molecule has 92 valence electrons. The summed E-state index contributed by atoms with van der Waals surface area (Å²) in [5, 5.41) is 4.05. The van der Waals surface area contributed by atoms with E-state index in [1.54, 1.807) is 7.11 Å². The summed E-state index contributed by atoms with van der Waals surface area (Å²) in [6, 6.07) is 4.14. The van der Waals surface area contributed by atoms with E-state index in [2.05, 4.69) is 29.2 Å². The molecule has 0 unspecified atom stereocenters. The molecule has 0 aromatic carbocycles. The van der Waals surface area contributed by atoms with Gasteiger partial charge in [0, 0.05) is 18.4 Å². The molecule has 4 nitrogen and oxygen atoms in total.